The molecule has 0 aliphatic heterocycles. The Labute approximate surface area is 140 Å². The molecule has 5 heteroatoms. The first-order valence-corrected chi connectivity index (χ1v) is 7.93. The summed E-state index contributed by atoms with van der Waals surface area (Å²) in [6.45, 7) is 5.83. The first-order chi connectivity index (χ1) is 11.5. The van der Waals surface area contributed by atoms with Crippen LogP contribution >= 0.6 is 0 Å². The van der Waals surface area contributed by atoms with E-state index in [-0.39, 0.29) is 18.1 Å². The van der Waals surface area contributed by atoms with Gasteiger partial charge in [0.15, 0.2) is 0 Å². The highest BCUT2D eigenvalue weighted by Gasteiger charge is 2.16. The Kier molecular flexibility index (Phi) is 4.51. The van der Waals surface area contributed by atoms with Crippen molar-refractivity contribution >= 4 is 16.9 Å². The van der Waals surface area contributed by atoms with Crippen molar-refractivity contribution in [3.63, 3.8) is 0 Å². The maximum absolute atomic E-state index is 12.6. The largest absolute Gasteiger partial charge is 0.490 e. The van der Waals surface area contributed by atoms with Crippen molar-refractivity contribution in [3.05, 3.63) is 60.1 Å². The maximum Gasteiger partial charge on any atom is 0.252 e. The molecule has 1 aromatic carbocycles. The highest BCUT2D eigenvalue weighted by molar-refractivity contribution is 5.99. The fourth-order valence-corrected chi connectivity index (χ4v) is 2.54. The Morgan fingerprint density at radius 2 is 1.92 bits per heavy atom. The molecule has 5 nitrogen and oxygen atoms in total. The van der Waals surface area contributed by atoms with Crippen molar-refractivity contribution in [2.24, 2.45) is 0 Å². The van der Waals surface area contributed by atoms with E-state index in [0.717, 1.165) is 10.9 Å². The zero-order valence-electron chi connectivity index (χ0n) is 13.9. The summed E-state index contributed by atoms with van der Waals surface area (Å²) in [6, 6.07) is 8.97. The molecule has 0 spiro atoms. The fraction of sp³-hybridized carbons (Fsp3) is 0.263. The van der Waals surface area contributed by atoms with Gasteiger partial charge in [0.05, 0.1) is 23.8 Å². The maximum atomic E-state index is 12.6. The van der Waals surface area contributed by atoms with E-state index in [1.807, 2.05) is 39.0 Å². The van der Waals surface area contributed by atoms with Crippen molar-refractivity contribution in [3.8, 4) is 5.75 Å². The van der Waals surface area contributed by atoms with Gasteiger partial charge in [-0.2, -0.15) is 0 Å². The topological polar surface area (TPSA) is 64.4 Å². The fourth-order valence-electron chi connectivity index (χ4n) is 2.54. The molecule has 1 amide bonds. The van der Waals surface area contributed by atoms with Crippen LogP contribution in [-0.2, 0) is 0 Å². The van der Waals surface area contributed by atoms with Crippen molar-refractivity contribution < 1.29 is 13.9 Å². The predicted octanol–water partition coefficient (Wildman–Crippen LogP) is 4.11. The van der Waals surface area contributed by atoms with E-state index >= 15 is 0 Å². The quantitative estimate of drug-likeness (QED) is 0.767. The van der Waals surface area contributed by atoms with Gasteiger partial charge >= 0.3 is 0 Å². The van der Waals surface area contributed by atoms with E-state index in [2.05, 4.69) is 10.3 Å². The summed E-state index contributed by atoms with van der Waals surface area (Å²) in [5, 5.41) is 3.85. The smallest absolute Gasteiger partial charge is 0.252 e. The zero-order valence-corrected chi connectivity index (χ0v) is 13.9. The summed E-state index contributed by atoms with van der Waals surface area (Å²) in [5.74, 6) is 0.476. The van der Waals surface area contributed by atoms with Crippen LogP contribution in [0, 0.1) is 0 Å². The van der Waals surface area contributed by atoms with Crippen LogP contribution < -0.4 is 10.1 Å². The molecule has 0 saturated carbocycles. The number of amides is 1. The van der Waals surface area contributed by atoms with Crippen LogP contribution in [0.15, 0.2) is 53.4 Å². The Balaban J connectivity index is 1.86. The van der Waals surface area contributed by atoms with Gasteiger partial charge < -0.3 is 14.5 Å². The number of ether oxygens (including phenoxy) is 1. The third kappa shape index (κ3) is 3.40. The van der Waals surface area contributed by atoms with Crippen LogP contribution in [0.2, 0.25) is 0 Å². The van der Waals surface area contributed by atoms with Crippen LogP contribution in [0.1, 0.15) is 42.7 Å². The van der Waals surface area contributed by atoms with E-state index < -0.39 is 0 Å². The molecule has 0 radical (unpaired) electrons. The van der Waals surface area contributed by atoms with Gasteiger partial charge in [-0.1, -0.05) is 0 Å². The Morgan fingerprint density at radius 3 is 2.62 bits per heavy atom. The number of fused-ring (bicyclic) bond motifs is 1. The lowest BCUT2D eigenvalue weighted by Gasteiger charge is -2.15. The number of nitrogens with zero attached hydrogens (tertiary/aromatic N) is 1. The Morgan fingerprint density at radius 1 is 1.17 bits per heavy atom. The van der Waals surface area contributed by atoms with Gasteiger partial charge in [0, 0.05) is 18.0 Å². The lowest BCUT2D eigenvalue weighted by molar-refractivity contribution is 0.0939. The first-order valence-electron chi connectivity index (χ1n) is 7.93. The number of carbonyl (C=O) groups excluding carboxylic acids is 1. The summed E-state index contributed by atoms with van der Waals surface area (Å²) in [5.41, 5.74) is 2.14. The molecule has 0 aliphatic carbocycles. The van der Waals surface area contributed by atoms with Crippen molar-refractivity contribution in [1.82, 2.24) is 10.3 Å². The minimum atomic E-state index is -0.175. The number of nitrogens with one attached hydrogen (secondary N) is 1. The van der Waals surface area contributed by atoms with Gasteiger partial charge in [0.1, 0.15) is 11.3 Å². The van der Waals surface area contributed by atoms with Crippen LogP contribution in [-0.4, -0.2) is 17.0 Å². The van der Waals surface area contributed by atoms with Crippen LogP contribution in [0.4, 0.5) is 0 Å². The van der Waals surface area contributed by atoms with Crippen LogP contribution in [0.3, 0.4) is 0 Å². The molecule has 3 rings (SSSR count). The number of hydrogen-bond acceptors (Lipinski definition) is 4. The highest BCUT2D eigenvalue weighted by Crippen LogP contribution is 2.29. The van der Waals surface area contributed by atoms with Crippen molar-refractivity contribution in [2.45, 2.75) is 32.9 Å². The second kappa shape index (κ2) is 6.74. The molecule has 3 aromatic rings. The SMILES string of the molecule is CC(C)Oc1cc(C(=O)NC(C)c2ccncc2)cc2occc12. The Hall–Kier alpha value is -2.82. The summed E-state index contributed by atoms with van der Waals surface area (Å²) in [4.78, 5) is 16.6. The summed E-state index contributed by atoms with van der Waals surface area (Å²) < 4.78 is 11.3. The molecule has 0 fully saturated rings. The van der Waals surface area contributed by atoms with Gasteiger partial charge in [-0.15, -0.1) is 0 Å². The third-order valence-corrected chi connectivity index (χ3v) is 3.71. The molecule has 24 heavy (non-hydrogen) atoms. The molecular formula is C19H20N2O3. The average molecular weight is 324 g/mol. The Bertz CT molecular complexity index is 840. The number of pyridine rings is 1. The molecule has 2 aromatic heterocycles. The second-order valence-corrected chi connectivity index (χ2v) is 5.95. The van der Waals surface area contributed by atoms with E-state index in [0.29, 0.717) is 16.9 Å². The minimum absolute atomic E-state index is 0.0113. The van der Waals surface area contributed by atoms with Crippen LogP contribution in [0.5, 0.6) is 5.75 Å². The number of aromatic nitrogens is 1. The van der Waals surface area contributed by atoms with Gasteiger partial charge in [-0.3, -0.25) is 9.78 Å². The third-order valence-electron chi connectivity index (χ3n) is 3.71. The summed E-state index contributed by atoms with van der Waals surface area (Å²) in [7, 11) is 0. The van der Waals surface area contributed by atoms with Gasteiger partial charge in [-0.05, 0) is 56.7 Å². The summed E-state index contributed by atoms with van der Waals surface area (Å²) in [6.07, 6.45) is 5.03. The van der Waals surface area contributed by atoms with E-state index in [9.17, 15) is 4.79 Å². The molecule has 0 aliphatic rings. The standard InChI is InChI=1S/C19H20N2O3/c1-12(2)24-18-11-15(10-17-16(18)6-9-23-17)19(22)21-13(3)14-4-7-20-8-5-14/h4-13H,1-3H3,(H,21,22). The monoisotopic (exact) mass is 324 g/mol. The number of benzene rings is 1. The van der Waals surface area contributed by atoms with Crippen molar-refractivity contribution in [1.29, 1.82) is 0 Å². The highest BCUT2D eigenvalue weighted by atomic mass is 16.5. The van der Waals surface area contributed by atoms with Gasteiger partial charge in [0.2, 0.25) is 0 Å². The van der Waals surface area contributed by atoms with E-state index in [1.165, 1.54) is 0 Å². The summed E-state index contributed by atoms with van der Waals surface area (Å²) >= 11 is 0. The van der Waals surface area contributed by atoms with Gasteiger partial charge in [-0.25, -0.2) is 0 Å². The molecule has 124 valence electrons. The molecule has 1 atom stereocenters. The zero-order chi connectivity index (χ0) is 17.1. The molecule has 2 heterocycles. The van der Waals surface area contributed by atoms with Gasteiger partial charge in [0.25, 0.3) is 5.91 Å². The van der Waals surface area contributed by atoms with Crippen LogP contribution in [0.25, 0.3) is 11.0 Å². The minimum Gasteiger partial charge on any atom is -0.490 e. The predicted molar refractivity (Wildman–Crippen MR) is 92.1 cm³/mol. The number of hydrogen-bond donors (Lipinski definition) is 1. The number of furan rings is 1. The van der Waals surface area contributed by atoms with E-state index in [4.69, 9.17) is 9.15 Å². The number of carbonyl (C=O) groups is 1. The first kappa shape index (κ1) is 16.1. The molecular weight excluding hydrogens is 304 g/mol. The molecule has 0 bridgehead atoms. The van der Waals surface area contributed by atoms with Crippen molar-refractivity contribution in [2.75, 3.05) is 0 Å². The normalized spacial score (nSPS) is 12.3. The molecule has 1 unspecified atom stereocenters. The van der Waals surface area contributed by atoms with E-state index in [1.54, 1.807) is 30.8 Å². The molecule has 0 saturated heterocycles. The lowest BCUT2D eigenvalue weighted by atomic mass is 10.1. The lowest BCUT2D eigenvalue weighted by Crippen LogP contribution is -2.26. The average Bonchev–Trinajstić information content (AvgIpc) is 3.04. The number of rotatable bonds is 5. The second-order valence-electron chi connectivity index (χ2n) is 5.95. The molecule has 1 N–H and O–H groups in total.